The van der Waals surface area contributed by atoms with Gasteiger partial charge in [-0.2, -0.15) is 5.26 Å². The van der Waals surface area contributed by atoms with E-state index in [2.05, 4.69) is 0 Å². The molecule has 9 heteroatoms. The average Bonchev–Trinajstić information content (AvgIpc) is 2.86. The van der Waals surface area contributed by atoms with Crippen molar-refractivity contribution in [2.75, 3.05) is 44.8 Å². The van der Waals surface area contributed by atoms with Crippen molar-refractivity contribution in [2.45, 2.75) is 6.92 Å². The highest BCUT2D eigenvalue weighted by atomic mass is 19.1. The van der Waals surface area contributed by atoms with Gasteiger partial charge < -0.3 is 19.3 Å². The molecular weight excluding hydrogens is 441 g/mol. The van der Waals surface area contributed by atoms with Gasteiger partial charge in [-0.05, 0) is 48.9 Å². The second kappa shape index (κ2) is 11.1. The molecular formula is C25H24FN3O5. The molecule has 0 radical (unpaired) electrons. The number of ether oxygens (including phenoxy) is 2. The van der Waals surface area contributed by atoms with Crippen LogP contribution in [0, 0.1) is 17.1 Å². The third-order valence-electron chi connectivity index (χ3n) is 5.42. The minimum atomic E-state index is -0.891. The number of rotatable bonds is 7. The standard InChI is InChI=1S/C25H24FN3O5/c1-17(30)19-5-8-23(22(26)14-19)28-9-11-29(12-10-28)24(31)16-34-25(32)20(15-27)13-18-3-6-21(33-2)7-4-18/h3-8,13-14H,9-12,16H2,1-2H3/b20-13+. The van der Waals surface area contributed by atoms with Gasteiger partial charge in [-0.3, -0.25) is 9.59 Å². The molecule has 0 spiro atoms. The summed E-state index contributed by atoms with van der Waals surface area (Å²) in [5.74, 6) is -1.36. The first-order valence-electron chi connectivity index (χ1n) is 10.6. The van der Waals surface area contributed by atoms with Gasteiger partial charge in [0.25, 0.3) is 5.91 Å². The van der Waals surface area contributed by atoms with Crippen LogP contribution < -0.4 is 9.64 Å². The molecule has 0 unspecified atom stereocenters. The minimum Gasteiger partial charge on any atom is -0.497 e. The SMILES string of the molecule is COc1ccc(/C=C(\C#N)C(=O)OCC(=O)N2CCN(c3ccc(C(C)=O)cc3F)CC2)cc1. The van der Waals surface area contributed by atoms with Crippen LogP contribution in [0.4, 0.5) is 10.1 Å². The number of nitriles is 1. The topological polar surface area (TPSA) is 99.9 Å². The van der Waals surface area contributed by atoms with Crippen LogP contribution >= 0.6 is 0 Å². The van der Waals surface area contributed by atoms with Crippen LogP contribution in [0.15, 0.2) is 48.0 Å². The van der Waals surface area contributed by atoms with E-state index in [0.717, 1.165) is 0 Å². The summed E-state index contributed by atoms with van der Waals surface area (Å²) in [6.45, 7) is 2.28. The van der Waals surface area contributed by atoms with Crippen LogP contribution in [0.25, 0.3) is 6.08 Å². The van der Waals surface area contributed by atoms with Crippen LogP contribution in [0.3, 0.4) is 0 Å². The lowest BCUT2D eigenvalue weighted by atomic mass is 10.1. The highest BCUT2D eigenvalue weighted by molar-refractivity contribution is 5.99. The normalized spacial score (nSPS) is 13.8. The molecule has 34 heavy (non-hydrogen) atoms. The van der Waals surface area contributed by atoms with Crippen LogP contribution in [-0.4, -0.2) is 62.5 Å². The molecule has 8 nitrogen and oxygen atoms in total. The van der Waals surface area contributed by atoms with E-state index in [1.807, 2.05) is 0 Å². The molecule has 0 bridgehead atoms. The summed E-state index contributed by atoms with van der Waals surface area (Å²) >= 11 is 0. The Labute approximate surface area is 196 Å². The van der Waals surface area contributed by atoms with Crippen molar-refractivity contribution < 1.29 is 28.2 Å². The molecule has 176 valence electrons. The summed E-state index contributed by atoms with van der Waals surface area (Å²) in [5, 5.41) is 9.29. The van der Waals surface area contributed by atoms with Gasteiger partial charge in [-0.15, -0.1) is 0 Å². The Morgan fingerprint density at radius 1 is 1.09 bits per heavy atom. The number of amides is 1. The van der Waals surface area contributed by atoms with Crippen LogP contribution in [0.1, 0.15) is 22.8 Å². The number of carbonyl (C=O) groups excluding carboxylic acids is 3. The molecule has 1 heterocycles. The summed E-state index contributed by atoms with van der Waals surface area (Å²) in [5.41, 5.74) is 1.05. The Hall–Kier alpha value is -4.19. The van der Waals surface area contributed by atoms with Gasteiger partial charge in [-0.1, -0.05) is 12.1 Å². The first-order chi connectivity index (χ1) is 16.3. The van der Waals surface area contributed by atoms with Gasteiger partial charge in [0.15, 0.2) is 12.4 Å². The van der Waals surface area contributed by atoms with Gasteiger partial charge >= 0.3 is 5.97 Å². The lowest BCUT2D eigenvalue weighted by Gasteiger charge is -2.36. The molecule has 1 amide bonds. The summed E-state index contributed by atoms with van der Waals surface area (Å²) in [7, 11) is 1.53. The largest absolute Gasteiger partial charge is 0.497 e. The highest BCUT2D eigenvalue weighted by Gasteiger charge is 2.24. The predicted molar refractivity (Wildman–Crippen MR) is 123 cm³/mol. The summed E-state index contributed by atoms with van der Waals surface area (Å²) < 4.78 is 24.5. The van der Waals surface area contributed by atoms with Crippen LogP contribution in [0.5, 0.6) is 5.75 Å². The van der Waals surface area contributed by atoms with Crippen LogP contribution in [-0.2, 0) is 14.3 Å². The molecule has 1 saturated heterocycles. The Kier molecular flexibility index (Phi) is 7.98. The number of ketones is 1. The van der Waals surface area contributed by atoms with E-state index >= 15 is 0 Å². The lowest BCUT2D eigenvalue weighted by molar-refractivity contribution is -0.148. The third kappa shape index (κ3) is 5.98. The van der Waals surface area contributed by atoms with Crippen molar-refractivity contribution in [2.24, 2.45) is 0 Å². The average molecular weight is 465 g/mol. The van der Waals surface area contributed by atoms with E-state index in [9.17, 15) is 24.0 Å². The van der Waals surface area contributed by atoms with E-state index in [1.54, 1.807) is 47.4 Å². The second-order valence-electron chi connectivity index (χ2n) is 7.61. The number of methoxy groups -OCH3 is 1. The molecule has 0 atom stereocenters. The second-order valence-corrected chi connectivity index (χ2v) is 7.61. The first kappa shape index (κ1) is 24.5. The zero-order valence-electron chi connectivity index (χ0n) is 18.9. The number of hydrogen-bond donors (Lipinski definition) is 0. The summed E-state index contributed by atoms with van der Waals surface area (Å²) in [6.07, 6.45) is 1.37. The van der Waals surface area contributed by atoms with Gasteiger partial charge in [0.2, 0.25) is 0 Å². The number of nitrogens with zero attached hydrogens (tertiary/aromatic N) is 3. The number of carbonyl (C=O) groups is 3. The number of anilines is 1. The number of esters is 1. The predicted octanol–water partition coefficient (Wildman–Crippen LogP) is 2.84. The number of Topliss-reactive ketones (excluding diaryl/α,β-unsaturated/α-hetero) is 1. The van der Waals surface area contributed by atoms with E-state index in [-0.39, 0.29) is 11.4 Å². The molecule has 2 aromatic carbocycles. The van der Waals surface area contributed by atoms with E-state index < -0.39 is 24.3 Å². The minimum absolute atomic E-state index is 0.214. The zero-order valence-corrected chi connectivity index (χ0v) is 18.9. The Morgan fingerprint density at radius 3 is 2.32 bits per heavy atom. The summed E-state index contributed by atoms with van der Waals surface area (Å²) in [6, 6.07) is 12.9. The zero-order chi connectivity index (χ0) is 24.7. The molecule has 0 N–H and O–H groups in total. The van der Waals surface area contributed by atoms with Crippen molar-refractivity contribution in [3.05, 3.63) is 65.0 Å². The number of benzene rings is 2. The van der Waals surface area contributed by atoms with Crippen LogP contribution in [0.2, 0.25) is 0 Å². The Balaban J connectivity index is 1.52. The lowest BCUT2D eigenvalue weighted by Crippen LogP contribution is -2.50. The number of hydrogen-bond acceptors (Lipinski definition) is 7. The van der Waals surface area contributed by atoms with E-state index in [1.165, 1.54) is 31.1 Å². The molecule has 1 aliphatic rings. The molecule has 2 aromatic rings. The number of halogens is 1. The Bertz CT molecular complexity index is 1150. The highest BCUT2D eigenvalue weighted by Crippen LogP contribution is 2.22. The summed E-state index contributed by atoms with van der Waals surface area (Å²) in [4.78, 5) is 39.4. The van der Waals surface area contributed by atoms with E-state index in [0.29, 0.717) is 48.7 Å². The van der Waals surface area contributed by atoms with Gasteiger partial charge in [0.05, 0.1) is 12.8 Å². The fourth-order valence-corrected chi connectivity index (χ4v) is 3.48. The molecule has 0 aromatic heterocycles. The monoisotopic (exact) mass is 465 g/mol. The Morgan fingerprint density at radius 2 is 1.76 bits per heavy atom. The van der Waals surface area contributed by atoms with Crippen molar-refractivity contribution in [1.82, 2.24) is 4.90 Å². The maximum absolute atomic E-state index is 14.4. The third-order valence-corrected chi connectivity index (χ3v) is 5.42. The van der Waals surface area contributed by atoms with Gasteiger partial charge in [-0.25, -0.2) is 9.18 Å². The smallest absolute Gasteiger partial charge is 0.349 e. The van der Waals surface area contributed by atoms with Crippen molar-refractivity contribution in [3.63, 3.8) is 0 Å². The number of piperazine rings is 1. The molecule has 0 aliphatic carbocycles. The molecule has 0 saturated carbocycles. The van der Waals surface area contributed by atoms with Gasteiger partial charge in [0.1, 0.15) is 23.2 Å². The first-order valence-corrected chi connectivity index (χ1v) is 10.6. The fraction of sp³-hybridized carbons (Fsp3) is 0.280. The molecule has 1 fully saturated rings. The fourth-order valence-electron chi connectivity index (χ4n) is 3.48. The van der Waals surface area contributed by atoms with Crippen molar-refractivity contribution in [1.29, 1.82) is 5.26 Å². The van der Waals surface area contributed by atoms with Crippen molar-refractivity contribution in [3.8, 4) is 11.8 Å². The molecule has 3 rings (SSSR count). The quantitative estimate of drug-likeness (QED) is 0.268. The maximum Gasteiger partial charge on any atom is 0.349 e. The van der Waals surface area contributed by atoms with Crippen molar-refractivity contribution >= 4 is 29.4 Å². The maximum atomic E-state index is 14.4. The molecule has 1 aliphatic heterocycles. The van der Waals surface area contributed by atoms with E-state index in [4.69, 9.17) is 9.47 Å². The van der Waals surface area contributed by atoms with Gasteiger partial charge in [0, 0.05) is 31.7 Å².